The van der Waals surface area contributed by atoms with Crippen molar-refractivity contribution in [1.29, 1.82) is 0 Å². The van der Waals surface area contributed by atoms with Crippen LogP contribution >= 0.6 is 0 Å². The Kier molecular flexibility index (Phi) is 9.34. The molecule has 0 aliphatic carbocycles. The number of ether oxygens (including phenoxy) is 3. The lowest BCUT2D eigenvalue weighted by molar-refractivity contribution is -0.114. The van der Waals surface area contributed by atoms with Crippen molar-refractivity contribution >= 4 is 23.2 Å². The number of hydrogen-bond donors (Lipinski definition) is 3. The first-order valence-electron chi connectivity index (χ1n) is 11.0. The molecule has 0 aromatic heterocycles. The summed E-state index contributed by atoms with van der Waals surface area (Å²) in [5.74, 6) is 0.370. The molecule has 2 amide bonds. The fraction of sp³-hybridized carbons (Fsp3) is 0.417. The van der Waals surface area contributed by atoms with Gasteiger partial charge in [0.1, 0.15) is 12.4 Å². The van der Waals surface area contributed by atoms with Crippen LogP contribution in [0.5, 0.6) is 5.75 Å². The van der Waals surface area contributed by atoms with Crippen molar-refractivity contribution in [2.75, 3.05) is 50.2 Å². The minimum absolute atomic E-state index is 0.103. The van der Waals surface area contributed by atoms with Gasteiger partial charge in [0, 0.05) is 42.8 Å². The zero-order chi connectivity index (χ0) is 22.6. The Labute approximate surface area is 188 Å². The maximum Gasteiger partial charge on any atom is 0.251 e. The third-order valence-corrected chi connectivity index (χ3v) is 4.93. The van der Waals surface area contributed by atoms with Gasteiger partial charge in [-0.25, -0.2) is 0 Å². The molecule has 1 saturated heterocycles. The van der Waals surface area contributed by atoms with Crippen LogP contribution in [0.1, 0.15) is 30.1 Å². The number of benzene rings is 2. The summed E-state index contributed by atoms with van der Waals surface area (Å²) in [5.41, 5.74) is 1.95. The van der Waals surface area contributed by atoms with Gasteiger partial charge in [-0.3, -0.25) is 9.59 Å². The number of amides is 2. The molecule has 0 saturated carbocycles. The molecule has 0 spiro atoms. The molecule has 1 aliphatic heterocycles. The fourth-order valence-corrected chi connectivity index (χ4v) is 3.27. The molecule has 1 atom stereocenters. The van der Waals surface area contributed by atoms with Crippen molar-refractivity contribution in [3.8, 4) is 5.75 Å². The Morgan fingerprint density at radius 2 is 1.94 bits per heavy atom. The van der Waals surface area contributed by atoms with E-state index in [1.165, 1.54) is 0 Å². The Bertz CT molecular complexity index is 866. The summed E-state index contributed by atoms with van der Waals surface area (Å²) in [5, 5.41) is 8.78. The molecule has 2 aromatic carbocycles. The molecule has 8 heteroatoms. The second-order valence-corrected chi connectivity index (χ2v) is 7.40. The molecule has 1 unspecified atom stereocenters. The first-order chi connectivity index (χ1) is 15.6. The van der Waals surface area contributed by atoms with E-state index in [1.807, 2.05) is 31.2 Å². The highest BCUT2D eigenvalue weighted by Gasteiger charge is 2.16. The molecule has 0 bridgehead atoms. The minimum Gasteiger partial charge on any atom is -0.491 e. The van der Waals surface area contributed by atoms with Crippen LogP contribution in [0.2, 0.25) is 0 Å². The summed E-state index contributed by atoms with van der Waals surface area (Å²) in [6.45, 7) is 4.98. The first kappa shape index (κ1) is 23.6. The highest BCUT2D eigenvalue weighted by atomic mass is 16.5. The van der Waals surface area contributed by atoms with E-state index < -0.39 is 0 Å². The number of carbonyl (C=O) groups excluding carboxylic acids is 2. The van der Waals surface area contributed by atoms with E-state index in [4.69, 9.17) is 14.2 Å². The monoisotopic (exact) mass is 441 g/mol. The van der Waals surface area contributed by atoms with E-state index in [-0.39, 0.29) is 24.5 Å². The number of carbonyl (C=O) groups is 2. The summed E-state index contributed by atoms with van der Waals surface area (Å²) in [4.78, 5) is 24.5. The predicted octanol–water partition coefficient (Wildman–Crippen LogP) is 3.06. The number of anilines is 2. The van der Waals surface area contributed by atoms with E-state index in [2.05, 4.69) is 16.0 Å². The van der Waals surface area contributed by atoms with Crippen molar-refractivity contribution < 1.29 is 23.8 Å². The molecule has 2 aromatic rings. The number of rotatable bonds is 12. The van der Waals surface area contributed by atoms with Crippen LogP contribution in [-0.4, -0.2) is 57.4 Å². The van der Waals surface area contributed by atoms with E-state index >= 15 is 0 Å². The molecule has 172 valence electrons. The maximum atomic E-state index is 12.3. The lowest BCUT2D eigenvalue weighted by atomic mass is 10.2. The molecule has 3 N–H and O–H groups in total. The topological polar surface area (TPSA) is 97.9 Å². The van der Waals surface area contributed by atoms with Gasteiger partial charge in [0.15, 0.2) is 0 Å². The van der Waals surface area contributed by atoms with Crippen LogP contribution in [0.4, 0.5) is 11.4 Å². The van der Waals surface area contributed by atoms with Crippen LogP contribution in [0.15, 0.2) is 48.5 Å². The van der Waals surface area contributed by atoms with Crippen molar-refractivity contribution in [2.24, 2.45) is 0 Å². The Morgan fingerprint density at radius 1 is 1.09 bits per heavy atom. The average Bonchev–Trinajstić information content (AvgIpc) is 3.34. The Hall–Kier alpha value is -3.10. The van der Waals surface area contributed by atoms with E-state index in [9.17, 15) is 9.59 Å². The van der Waals surface area contributed by atoms with Gasteiger partial charge in [-0.2, -0.15) is 0 Å². The Balaban J connectivity index is 1.40. The highest BCUT2D eigenvalue weighted by Crippen LogP contribution is 2.17. The second-order valence-electron chi connectivity index (χ2n) is 7.40. The SMILES string of the molecule is CCOCCOc1cccc(NCC(=O)Nc2ccc(C(=O)NCC3CCCO3)cc2)c1. The molecule has 1 aliphatic rings. The molecule has 1 heterocycles. The van der Waals surface area contributed by atoms with Crippen LogP contribution in [-0.2, 0) is 14.3 Å². The van der Waals surface area contributed by atoms with Gasteiger partial charge in [0.2, 0.25) is 5.91 Å². The number of nitrogens with one attached hydrogen (secondary N) is 3. The molecule has 32 heavy (non-hydrogen) atoms. The molecule has 0 radical (unpaired) electrons. The van der Waals surface area contributed by atoms with Crippen LogP contribution in [0, 0.1) is 0 Å². The zero-order valence-corrected chi connectivity index (χ0v) is 18.4. The zero-order valence-electron chi connectivity index (χ0n) is 18.4. The lowest BCUT2D eigenvalue weighted by Gasteiger charge is -2.12. The summed E-state index contributed by atoms with van der Waals surface area (Å²) < 4.78 is 16.4. The maximum absolute atomic E-state index is 12.3. The summed E-state index contributed by atoms with van der Waals surface area (Å²) in [6, 6.07) is 14.2. The molecular formula is C24H31N3O5. The van der Waals surface area contributed by atoms with Crippen LogP contribution in [0.25, 0.3) is 0 Å². The summed E-state index contributed by atoms with van der Waals surface area (Å²) in [6.07, 6.45) is 2.12. The van der Waals surface area contributed by atoms with Crippen LogP contribution < -0.4 is 20.7 Å². The highest BCUT2D eigenvalue weighted by molar-refractivity contribution is 5.96. The third kappa shape index (κ3) is 7.86. The molecule has 3 rings (SSSR count). The van der Waals surface area contributed by atoms with Gasteiger partial charge in [-0.15, -0.1) is 0 Å². The molecule has 1 fully saturated rings. The lowest BCUT2D eigenvalue weighted by Crippen LogP contribution is -2.31. The van der Waals surface area contributed by atoms with Crippen molar-refractivity contribution in [1.82, 2.24) is 5.32 Å². The standard InChI is InChI=1S/C24H31N3O5/c1-2-30-13-14-32-21-6-3-5-20(15-21)25-17-23(28)27-19-10-8-18(9-11-19)24(29)26-16-22-7-4-12-31-22/h3,5-6,8-11,15,22,25H,2,4,7,12-14,16-17H2,1H3,(H,26,29)(H,27,28). The number of hydrogen-bond acceptors (Lipinski definition) is 6. The summed E-state index contributed by atoms with van der Waals surface area (Å²) in [7, 11) is 0. The van der Waals surface area contributed by atoms with Gasteiger partial charge in [-0.05, 0) is 56.2 Å². The van der Waals surface area contributed by atoms with Gasteiger partial charge < -0.3 is 30.2 Å². The average molecular weight is 442 g/mol. The largest absolute Gasteiger partial charge is 0.491 e. The third-order valence-electron chi connectivity index (χ3n) is 4.93. The fourth-order valence-electron chi connectivity index (χ4n) is 3.27. The second kappa shape index (κ2) is 12.7. The van der Waals surface area contributed by atoms with Crippen molar-refractivity contribution in [3.63, 3.8) is 0 Å². The van der Waals surface area contributed by atoms with E-state index in [0.717, 1.165) is 25.1 Å². The van der Waals surface area contributed by atoms with E-state index in [1.54, 1.807) is 24.3 Å². The van der Waals surface area contributed by atoms with Gasteiger partial charge in [0.25, 0.3) is 5.91 Å². The van der Waals surface area contributed by atoms with Gasteiger partial charge in [0.05, 0.1) is 19.3 Å². The van der Waals surface area contributed by atoms with Crippen LogP contribution in [0.3, 0.4) is 0 Å². The Morgan fingerprint density at radius 3 is 2.69 bits per heavy atom. The quantitative estimate of drug-likeness (QED) is 0.438. The van der Waals surface area contributed by atoms with Crippen molar-refractivity contribution in [2.45, 2.75) is 25.9 Å². The minimum atomic E-state index is -0.191. The molecular weight excluding hydrogens is 410 g/mol. The first-order valence-corrected chi connectivity index (χ1v) is 11.0. The van der Waals surface area contributed by atoms with Crippen molar-refractivity contribution in [3.05, 3.63) is 54.1 Å². The van der Waals surface area contributed by atoms with Gasteiger partial charge in [-0.1, -0.05) is 6.07 Å². The predicted molar refractivity (Wildman–Crippen MR) is 123 cm³/mol. The van der Waals surface area contributed by atoms with E-state index in [0.29, 0.717) is 43.4 Å². The summed E-state index contributed by atoms with van der Waals surface area (Å²) >= 11 is 0. The van der Waals surface area contributed by atoms with Gasteiger partial charge >= 0.3 is 0 Å². The smallest absolute Gasteiger partial charge is 0.251 e. The normalized spacial score (nSPS) is 15.2. The molecule has 8 nitrogen and oxygen atoms in total.